The number of nitrogens with one attached hydrogen (secondary N) is 1. The van der Waals surface area contributed by atoms with E-state index in [0.717, 1.165) is 13.0 Å². The number of hydrogen-bond donors (Lipinski definition) is 2. The van der Waals surface area contributed by atoms with E-state index >= 15 is 0 Å². The first-order chi connectivity index (χ1) is 8.91. The average molecular weight is 271 g/mol. The molecule has 0 aromatic heterocycles. The summed E-state index contributed by atoms with van der Waals surface area (Å²) >= 11 is 0. The highest BCUT2D eigenvalue weighted by Crippen LogP contribution is 2.10. The predicted molar refractivity (Wildman–Crippen MR) is 70.0 cm³/mol. The predicted octanol–water partition coefficient (Wildman–Crippen LogP) is 0.0624. The van der Waals surface area contributed by atoms with E-state index in [2.05, 4.69) is 29.2 Å². The van der Waals surface area contributed by atoms with Crippen molar-refractivity contribution in [1.82, 2.24) is 10.2 Å². The molecule has 7 heteroatoms. The quantitative estimate of drug-likeness (QED) is 0.639. The van der Waals surface area contributed by atoms with E-state index in [4.69, 9.17) is 9.94 Å². The standard InChI is InChI=1S/C12H21N3O4/c1-8(2)15(3)6-4-5-13-11(16)10-7-9(12(17)18)14-19-10/h8,10H,4-7H2,1-3H3,(H,13,16)(H,17,18). The van der Waals surface area contributed by atoms with Crippen molar-refractivity contribution in [1.29, 1.82) is 0 Å². The molecule has 0 spiro atoms. The van der Waals surface area contributed by atoms with E-state index in [0.29, 0.717) is 12.6 Å². The molecule has 0 aromatic rings. The molecule has 1 aliphatic heterocycles. The van der Waals surface area contributed by atoms with Crippen LogP contribution in [0.1, 0.15) is 26.7 Å². The molecule has 1 atom stereocenters. The molecule has 108 valence electrons. The van der Waals surface area contributed by atoms with E-state index in [1.807, 2.05) is 7.05 Å². The van der Waals surface area contributed by atoms with Crippen LogP contribution in [0.5, 0.6) is 0 Å². The zero-order chi connectivity index (χ0) is 14.4. The number of aliphatic carboxylic acids is 1. The second-order valence-electron chi connectivity index (χ2n) is 4.86. The molecule has 1 aliphatic rings. The molecule has 0 fully saturated rings. The van der Waals surface area contributed by atoms with Crippen molar-refractivity contribution in [2.24, 2.45) is 5.16 Å². The highest BCUT2D eigenvalue weighted by molar-refractivity contribution is 6.36. The summed E-state index contributed by atoms with van der Waals surface area (Å²) in [6.07, 6.45) is 0.0428. The molecule has 0 aromatic carbocycles. The molecule has 0 saturated heterocycles. The van der Waals surface area contributed by atoms with Gasteiger partial charge in [-0.2, -0.15) is 0 Å². The van der Waals surface area contributed by atoms with Gasteiger partial charge in [-0.25, -0.2) is 4.79 Å². The van der Waals surface area contributed by atoms with E-state index in [1.165, 1.54) is 0 Å². The maximum Gasteiger partial charge on any atom is 0.353 e. The smallest absolute Gasteiger partial charge is 0.353 e. The van der Waals surface area contributed by atoms with Gasteiger partial charge >= 0.3 is 5.97 Å². The minimum absolute atomic E-state index is 0.0209. The number of carboxylic acid groups (broad SMARTS) is 1. The Hall–Kier alpha value is -1.63. The molecule has 1 unspecified atom stereocenters. The molecule has 7 nitrogen and oxygen atoms in total. The first kappa shape index (κ1) is 15.4. The van der Waals surface area contributed by atoms with Crippen LogP contribution in [0.2, 0.25) is 0 Å². The van der Waals surface area contributed by atoms with Gasteiger partial charge in [-0.1, -0.05) is 5.16 Å². The van der Waals surface area contributed by atoms with Crippen LogP contribution in [0.15, 0.2) is 5.16 Å². The van der Waals surface area contributed by atoms with Gasteiger partial charge in [0.25, 0.3) is 5.91 Å². The van der Waals surface area contributed by atoms with Crippen LogP contribution in [-0.4, -0.2) is 59.9 Å². The Kier molecular flexibility index (Phi) is 5.75. The number of carbonyl (C=O) groups is 2. The van der Waals surface area contributed by atoms with Crippen molar-refractivity contribution in [2.45, 2.75) is 38.8 Å². The van der Waals surface area contributed by atoms with Crippen molar-refractivity contribution >= 4 is 17.6 Å². The lowest BCUT2D eigenvalue weighted by molar-refractivity contribution is -0.131. The third kappa shape index (κ3) is 4.86. The maximum atomic E-state index is 11.7. The van der Waals surface area contributed by atoms with Gasteiger partial charge < -0.3 is 20.2 Å². The van der Waals surface area contributed by atoms with Gasteiger partial charge in [-0.3, -0.25) is 4.79 Å². The Morgan fingerprint density at radius 2 is 2.26 bits per heavy atom. The van der Waals surface area contributed by atoms with Gasteiger partial charge in [-0.05, 0) is 33.9 Å². The Labute approximate surface area is 112 Å². The van der Waals surface area contributed by atoms with Gasteiger partial charge in [0, 0.05) is 19.0 Å². The lowest BCUT2D eigenvalue weighted by Gasteiger charge is -2.20. The molecule has 0 aliphatic carbocycles. The van der Waals surface area contributed by atoms with Crippen molar-refractivity contribution in [3.8, 4) is 0 Å². The third-order valence-corrected chi connectivity index (χ3v) is 3.08. The van der Waals surface area contributed by atoms with Gasteiger partial charge in [0.15, 0.2) is 5.71 Å². The largest absolute Gasteiger partial charge is 0.477 e. The number of nitrogens with zero attached hydrogens (tertiary/aromatic N) is 2. The SMILES string of the molecule is CC(C)N(C)CCCNC(=O)C1CC(C(=O)O)=NO1. The fourth-order valence-corrected chi connectivity index (χ4v) is 1.56. The summed E-state index contributed by atoms with van der Waals surface area (Å²) in [4.78, 5) is 29.3. The summed E-state index contributed by atoms with van der Waals surface area (Å²) in [5, 5.41) is 14.8. The number of oxime groups is 1. The van der Waals surface area contributed by atoms with Gasteiger partial charge in [0.05, 0.1) is 0 Å². The summed E-state index contributed by atoms with van der Waals surface area (Å²) in [5.41, 5.74) is -0.111. The van der Waals surface area contributed by atoms with E-state index < -0.39 is 12.1 Å². The molecule has 2 N–H and O–H groups in total. The first-order valence-corrected chi connectivity index (χ1v) is 6.35. The second kappa shape index (κ2) is 7.08. The number of amides is 1. The number of carboxylic acids is 1. The molecule has 0 saturated carbocycles. The molecule has 1 heterocycles. The van der Waals surface area contributed by atoms with Crippen LogP contribution < -0.4 is 5.32 Å². The third-order valence-electron chi connectivity index (χ3n) is 3.08. The Bertz CT molecular complexity index is 368. The van der Waals surface area contributed by atoms with E-state index in [-0.39, 0.29) is 18.0 Å². The highest BCUT2D eigenvalue weighted by Gasteiger charge is 2.31. The van der Waals surface area contributed by atoms with Gasteiger partial charge in [0.1, 0.15) is 0 Å². The molecule has 1 amide bonds. The van der Waals surface area contributed by atoms with Crippen LogP contribution >= 0.6 is 0 Å². The fourth-order valence-electron chi connectivity index (χ4n) is 1.56. The molecule has 19 heavy (non-hydrogen) atoms. The van der Waals surface area contributed by atoms with Gasteiger partial charge in [-0.15, -0.1) is 0 Å². The average Bonchev–Trinajstić information content (AvgIpc) is 2.83. The van der Waals surface area contributed by atoms with Crippen molar-refractivity contribution in [3.05, 3.63) is 0 Å². The lowest BCUT2D eigenvalue weighted by Crippen LogP contribution is -2.37. The zero-order valence-corrected chi connectivity index (χ0v) is 11.5. The van der Waals surface area contributed by atoms with Crippen LogP contribution in [-0.2, 0) is 14.4 Å². The second-order valence-corrected chi connectivity index (χ2v) is 4.86. The number of rotatable bonds is 7. The minimum Gasteiger partial charge on any atom is -0.477 e. The van der Waals surface area contributed by atoms with Crippen LogP contribution in [0.3, 0.4) is 0 Å². The van der Waals surface area contributed by atoms with Crippen molar-refractivity contribution in [3.63, 3.8) is 0 Å². The maximum absolute atomic E-state index is 11.7. The van der Waals surface area contributed by atoms with Crippen molar-refractivity contribution < 1.29 is 19.5 Å². The van der Waals surface area contributed by atoms with E-state index in [9.17, 15) is 9.59 Å². The topological polar surface area (TPSA) is 91.2 Å². The molecule has 0 radical (unpaired) electrons. The van der Waals surface area contributed by atoms with Crippen LogP contribution in [0.4, 0.5) is 0 Å². The van der Waals surface area contributed by atoms with Gasteiger partial charge in [0.2, 0.25) is 6.10 Å². The van der Waals surface area contributed by atoms with Crippen molar-refractivity contribution in [2.75, 3.05) is 20.1 Å². The normalized spacial score (nSPS) is 18.4. The van der Waals surface area contributed by atoms with Crippen LogP contribution in [0.25, 0.3) is 0 Å². The molecule has 1 rings (SSSR count). The minimum atomic E-state index is -1.14. The Morgan fingerprint density at radius 1 is 1.58 bits per heavy atom. The summed E-state index contributed by atoms with van der Waals surface area (Å²) in [5.74, 6) is -1.46. The molecular weight excluding hydrogens is 250 g/mol. The summed E-state index contributed by atoms with van der Waals surface area (Å²) in [7, 11) is 2.03. The molecular formula is C12H21N3O4. The summed E-state index contributed by atoms with van der Waals surface area (Å²) in [6, 6.07) is 0.473. The summed E-state index contributed by atoms with van der Waals surface area (Å²) < 4.78 is 0. The number of carbonyl (C=O) groups excluding carboxylic acids is 1. The molecule has 0 bridgehead atoms. The number of hydrogen-bond acceptors (Lipinski definition) is 5. The zero-order valence-electron chi connectivity index (χ0n) is 11.5. The lowest BCUT2D eigenvalue weighted by atomic mass is 10.1. The highest BCUT2D eigenvalue weighted by atomic mass is 16.6. The summed E-state index contributed by atoms with van der Waals surface area (Å²) in [6.45, 7) is 5.64. The monoisotopic (exact) mass is 271 g/mol. The fraction of sp³-hybridized carbons (Fsp3) is 0.750. The van der Waals surface area contributed by atoms with Crippen LogP contribution in [0, 0.1) is 0 Å². The first-order valence-electron chi connectivity index (χ1n) is 6.35. The Morgan fingerprint density at radius 3 is 2.79 bits per heavy atom. The van der Waals surface area contributed by atoms with E-state index in [1.54, 1.807) is 0 Å². The Balaban J connectivity index is 2.18.